The molecule has 0 fully saturated rings. The Hall–Kier alpha value is -2.45. The van der Waals surface area contributed by atoms with Gasteiger partial charge >= 0.3 is 5.69 Å². The molecule has 0 aliphatic carbocycles. The normalized spacial score (nSPS) is 10.7. The second-order valence-corrected chi connectivity index (χ2v) is 7.13. The van der Waals surface area contributed by atoms with Gasteiger partial charge in [-0.2, -0.15) is 0 Å². The van der Waals surface area contributed by atoms with Crippen molar-refractivity contribution in [3.8, 4) is 0 Å². The minimum atomic E-state index is -0.583. The Morgan fingerprint density at radius 2 is 1.83 bits per heavy atom. The molecule has 6 nitrogen and oxygen atoms in total. The Balaban J connectivity index is 1.74. The van der Waals surface area contributed by atoms with Crippen LogP contribution in [0.15, 0.2) is 50.8 Å². The predicted molar refractivity (Wildman–Crippen MR) is 95.1 cm³/mol. The Bertz CT molecular complexity index is 924. The summed E-state index contributed by atoms with van der Waals surface area (Å²) in [5.74, 6) is -0.479. The summed E-state index contributed by atoms with van der Waals surface area (Å²) in [5.41, 5.74) is -1.17. The lowest BCUT2D eigenvalue weighted by atomic mass is 10.3. The first-order chi connectivity index (χ1) is 11.6. The third-order valence-electron chi connectivity index (χ3n) is 3.44. The lowest BCUT2D eigenvalue weighted by Crippen LogP contribution is -2.41. The van der Waals surface area contributed by atoms with E-state index in [1.807, 2.05) is 35.0 Å². The molecule has 0 saturated carbocycles. The third-order valence-corrected chi connectivity index (χ3v) is 5.23. The second-order valence-electron chi connectivity index (χ2n) is 5.06. The van der Waals surface area contributed by atoms with Gasteiger partial charge in [-0.05, 0) is 29.3 Å². The molecular weight excluding hydrogens is 346 g/mol. The van der Waals surface area contributed by atoms with Crippen LogP contribution in [0.1, 0.15) is 20.1 Å². The first-order valence-corrected chi connectivity index (χ1v) is 9.06. The fraction of sp³-hybridized carbons (Fsp3) is 0.188. The van der Waals surface area contributed by atoms with Crippen molar-refractivity contribution >= 4 is 28.6 Å². The summed E-state index contributed by atoms with van der Waals surface area (Å²) < 4.78 is 1.04. The minimum Gasteiger partial charge on any atom is -0.351 e. The van der Waals surface area contributed by atoms with E-state index in [1.54, 1.807) is 11.3 Å². The summed E-state index contributed by atoms with van der Waals surface area (Å²) in [5, 5.41) is 6.56. The maximum Gasteiger partial charge on any atom is 0.328 e. The van der Waals surface area contributed by atoms with Gasteiger partial charge in [0, 0.05) is 22.5 Å². The van der Waals surface area contributed by atoms with Gasteiger partial charge in [0.2, 0.25) is 0 Å². The summed E-state index contributed by atoms with van der Waals surface area (Å²) in [6, 6.07) is 7.63. The Labute approximate surface area is 145 Å². The first kappa shape index (κ1) is 16.4. The molecule has 0 atom stereocenters. The predicted octanol–water partition coefficient (Wildman–Crippen LogP) is 1.68. The summed E-state index contributed by atoms with van der Waals surface area (Å²) >= 11 is 3.07. The van der Waals surface area contributed by atoms with E-state index in [9.17, 15) is 14.4 Å². The van der Waals surface area contributed by atoms with E-state index in [0.29, 0.717) is 13.0 Å². The minimum absolute atomic E-state index is 0.0580. The smallest absolute Gasteiger partial charge is 0.328 e. The molecule has 0 aliphatic rings. The summed E-state index contributed by atoms with van der Waals surface area (Å²) in [6.07, 6.45) is 1.88. The lowest BCUT2D eigenvalue weighted by Gasteiger charge is -2.07. The van der Waals surface area contributed by atoms with E-state index in [0.717, 1.165) is 14.3 Å². The molecule has 0 saturated heterocycles. The van der Waals surface area contributed by atoms with Gasteiger partial charge in [0.05, 0.1) is 6.54 Å². The average Bonchev–Trinajstić information content (AvgIpc) is 3.25. The number of carbonyl (C=O) groups excluding carboxylic acids is 1. The first-order valence-electron chi connectivity index (χ1n) is 7.30. The largest absolute Gasteiger partial charge is 0.351 e. The number of aromatic amines is 1. The van der Waals surface area contributed by atoms with Crippen molar-refractivity contribution < 1.29 is 4.79 Å². The van der Waals surface area contributed by atoms with Crippen molar-refractivity contribution in [2.24, 2.45) is 0 Å². The van der Waals surface area contributed by atoms with Crippen molar-refractivity contribution in [3.05, 3.63) is 77.4 Å². The van der Waals surface area contributed by atoms with Gasteiger partial charge in [0.25, 0.3) is 11.5 Å². The number of thiophene rings is 2. The molecule has 24 heavy (non-hydrogen) atoms. The molecule has 0 radical (unpaired) electrons. The summed E-state index contributed by atoms with van der Waals surface area (Å²) in [7, 11) is 0. The third kappa shape index (κ3) is 3.72. The molecule has 3 aromatic rings. The van der Waals surface area contributed by atoms with Crippen LogP contribution in [-0.4, -0.2) is 22.0 Å². The van der Waals surface area contributed by atoms with Crippen LogP contribution in [0.25, 0.3) is 0 Å². The lowest BCUT2D eigenvalue weighted by molar-refractivity contribution is 0.0951. The molecule has 3 aromatic heterocycles. The second kappa shape index (κ2) is 7.41. The van der Waals surface area contributed by atoms with E-state index in [4.69, 9.17) is 0 Å². The number of rotatable bonds is 6. The van der Waals surface area contributed by atoms with Crippen molar-refractivity contribution in [1.82, 2.24) is 14.9 Å². The van der Waals surface area contributed by atoms with Crippen molar-refractivity contribution in [2.75, 3.05) is 6.54 Å². The van der Waals surface area contributed by atoms with Crippen LogP contribution in [0.2, 0.25) is 0 Å². The Morgan fingerprint density at radius 1 is 1.12 bits per heavy atom. The molecular formula is C16H15N3O3S2. The van der Waals surface area contributed by atoms with Crippen LogP contribution >= 0.6 is 22.7 Å². The van der Waals surface area contributed by atoms with Gasteiger partial charge in [-0.25, -0.2) is 4.79 Å². The van der Waals surface area contributed by atoms with E-state index < -0.39 is 17.2 Å². The molecule has 0 bridgehead atoms. The molecule has 124 valence electrons. The highest BCUT2D eigenvalue weighted by Gasteiger charge is 2.14. The monoisotopic (exact) mass is 361 g/mol. The quantitative estimate of drug-likeness (QED) is 0.701. The van der Waals surface area contributed by atoms with Crippen molar-refractivity contribution in [2.45, 2.75) is 13.0 Å². The highest BCUT2D eigenvalue weighted by Crippen LogP contribution is 2.09. The van der Waals surface area contributed by atoms with Crippen molar-refractivity contribution in [1.29, 1.82) is 0 Å². The van der Waals surface area contributed by atoms with Crippen LogP contribution in [0.3, 0.4) is 0 Å². The van der Waals surface area contributed by atoms with Gasteiger partial charge in [-0.15, -0.1) is 22.7 Å². The molecule has 8 heteroatoms. The molecule has 0 unspecified atom stereocenters. The highest BCUT2D eigenvalue weighted by atomic mass is 32.1. The van der Waals surface area contributed by atoms with Crippen LogP contribution in [0, 0.1) is 0 Å². The van der Waals surface area contributed by atoms with Gasteiger partial charge in [0.15, 0.2) is 0 Å². The zero-order chi connectivity index (χ0) is 16.9. The number of hydrogen-bond donors (Lipinski definition) is 2. The summed E-state index contributed by atoms with van der Waals surface area (Å²) in [6.45, 7) is 0.588. The van der Waals surface area contributed by atoms with Crippen LogP contribution in [0.4, 0.5) is 0 Å². The highest BCUT2D eigenvalue weighted by molar-refractivity contribution is 7.10. The number of aromatic nitrogens is 2. The van der Waals surface area contributed by atoms with Gasteiger partial charge in [-0.1, -0.05) is 12.1 Å². The fourth-order valence-corrected chi connectivity index (χ4v) is 3.63. The zero-order valence-corrected chi connectivity index (χ0v) is 14.3. The SMILES string of the molecule is O=C(NCCc1cccs1)c1c[nH]c(=O)n(Cc2cccs2)c1=O. The standard InChI is InChI=1S/C16H15N3O3S2/c20-14(17-6-5-11-3-1-7-23-11)13-9-18-16(22)19(15(13)21)10-12-4-2-8-24-12/h1-4,7-9H,5-6,10H2,(H,17,20)(H,18,22). The number of nitrogens with zero attached hydrogens (tertiary/aromatic N) is 1. The molecule has 3 heterocycles. The van der Waals surface area contributed by atoms with E-state index in [2.05, 4.69) is 10.3 Å². The Kier molecular flexibility index (Phi) is 5.07. The molecule has 2 N–H and O–H groups in total. The fourth-order valence-electron chi connectivity index (χ4n) is 2.23. The summed E-state index contributed by atoms with van der Waals surface area (Å²) in [4.78, 5) is 41.0. The molecule has 0 aromatic carbocycles. The van der Waals surface area contributed by atoms with Crippen molar-refractivity contribution in [3.63, 3.8) is 0 Å². The number of H-pyrrole nitrogens is 1. The molecule has 1 amide bonds. The van der Waals surface area contributed by atoms with E-state index in [1.165, 1.54) is 17.5 Å². The van der Waals surface area contributed by atoms with E-state index in [-0.39, 0.29) is 12.1 Å². The molecule has 0 aliphatic heterocycles. The molecule has 3 rings (SSSR count). The average molecular weight is 361 g/mol. The zero-order valence-electron chi connectivity index (χ0n) is 12.7. The Morgan fingerprint density at radius 3 is 2.50 bits per heavy atom. The van der Waals surface area contributed by atoms with E-state index >= 15 is 0 Å². The van der Waals surface area contributed by atoms with Crippen LogP contribution in [-0.2, 0) is 13.0 Å². The molecule has 0 spiro atoms. The number of amides is 1. The van der Waals surface area contributed by atoms with Gasteiger partial charge < -0.3 is 10.3 Å². The number of nitrogens with one attached hydrogen (secondary N) is 2. The van der Waals surface area contributed by atoms with Crippen LogP contribution < -0.4 is 16.6 Å². The maximum atomic E-state index is 12.4. The van der Waals surface area contributed by atoms with Crippen LogP contribution in [0.5, 0.6) is 0 Å². The maximum absolute atomic E-state index is 12.4. The van der Waals surface area contributed by atoms with Gasteiger partial charge in [-0.3, -0.25) is 14.2 Å². The topological polar surface area (TPSA) is 84.0 Å². The van der Waals surface area contributed by atoms with Gasteiger partial charge in [0.1, 0.15) is 5.56 Å². The number of carbonyl (C=O) groups is 1. The number of hydrogen-bond acceptors (Lipinski definition) is 5.